The molecule has 1 amide bonds. The number of nitrogens with zero attached hydrogens (tertiary/aromatic N) is 2. The molecule has 174 valence electrons. The molecule has 3 rings (SSSR count). The number of benzene rings is 2. The largest absolute Gasteiger partial charge is 0.416 e. The van der Waals surface area contributed by atoms with Crippen LogP contribution in [0.3, 0.4) is 0 Å². The molecule has 0 unspecified atom stereocenters. The average molecular weight is 496 g/mol. The summed E-state index contributed by atoms with van der Waals surface area (Å²) in [5.41, 5.74) is 2.66. The summed E-state index contributed by atoms with van der Waals surface area (Å²) in [7, 11) is -4.35. The fraction of sp³-hybridized carbons (Fsp3) is 0.182. The van der Waals surface area contributed by atoms with Crippen LogP contribution in [0.1, 0.15) is 21.6 Å². The van der Waals surface area contributed by atoms with Crippen LogP contribution in [0.5, 0.6) is 0 Å². The van der Waals surface area contributed by atoms with Gasteiger partial charge in [-0.05, 0) is 61.2 Å². The van der Waals surface area contributed by atoms with Crippen LogP contribution < -0.4 is 9.73 Å². The van der Waals surface area contributed by atoms with Gasteiger partial charge in [0, 0.05) is 4.88 Å². The molecular formula is C22H20F3N3O3S2. The summed E-state index contributed by atoms with van der Waals surface area (Å²) in [4.78, 5) is 13.2. The number of thiophene rings is 1. The Kier molecular flexibility index (Phi) is 7.23. The van der Waals surface area contributed by atoms with Crippen LogP contribution in [0.25, 0.3) is 0 Å². The average Bonchev–Trinajstić information content (AvgIpc) is 3.16. The van der Waals surface area contributed by atoms with Gasteiger partial charge in [-0.3, -0.25) is 9.10 Å². The summed E-state index contributed by atoms with van der Waals surface area (Å²) in [6.07, 6.45) is -3.26. The zero-order valence-electron chi connectivity index (χ0n) is 17.6. The molecule has 0 bridgehead atoms. The number of alkyl halides is 3. The smallest absolute Gasteiger partial charge is 0.271 e. The maximum Gasteiger partial charge on any atom is 0.416 e. The molecule has 2 aromatic carbocycles. The number of aryl methyl sites for hydroxylation is 2. The second kappa shape index (κ2) is 9.75. The van der Waals surface area contributed by atoms with Gasteiger partial charge >= 0.3 is 6.18 Å². The molecule has 11 heteroatoms. The van der Waals surface area contributed by atoms with Gasteiger partial charge in [0.25, 0.3) is 15.9 Å². The van der Waals surface area contributed by atoms with Crippen molar-refractivity contribution in [1.29, 1.82) is 0 Å². The van der Waals surface area contributed by atoms with Crippen molar-refractivity contribution in [3.63, 3.8) is 0 Å². The van der Waals surface area contributed by atoms with Gasteiger partial charge in [-0.15, -0.1) is 11.3 Å². The normalized spacial score (nSPS) is 12.2. The lowest BCUT2D eigenvalue weighted by Gasteiger charge is -2.24. The Morgan fingerprint density at radius 1 is 1.12 bits per heavy atom. The van der Waals surface area contributed by atoms with E-state index in [1.807, 2.05) is 18.4 Å². The van der Waals surface area contributed by atoms with Crippen molar-refractivity contribution in [2.75, 3.05) is 10.8 Å². The number of hydrazone groups is 1. The Morgan fingerprint density at radius 3 is 2.42 bits per heavy atom. The Bertz CT molecular complexity index is 1270. The molecule has 0 saturated heterocycles. The molecule has 0 atom stereocenters. The fourth-order valence-corrected chi connectivity index (χ4v) is 5.03. The van der Waals surface area contributed by atoms with Crippen LogP contribution in [0, 0.1) is 13.8 Å². The molecule has 3 aromatic rings. The highest BCUT2D eigenvalue weighted by Gasteiger charge is 2.33. The first-order valence-corrected chi connectivity index (χ1v) is 11.9. The summed E-state index contributed by atoms with van der Waals surface area (Å²) in [6, 6.07) is 11.5. The third kappa shape index (κ3) is 5.99. The van der Waals surface area contributed by atoms with Crippen molar-refractivity contribution in [2.45, 2.75) is 24.9 Å². The summed E-state index contributed by atoms with van der Waals surface area (Å²) in [5, 5.41) is 5.68. The lowest BCUT2D eigenvalue weighted by atomic mass is 10.2. The number of sulfonamides is 1. The van der Waals surface area contributed by atoms with Gasteiger partial charge in [-0.25, -0.2) is 13.8 Å². The SMILES string of the molecule is Cc1ccc(S(=O)(=O)N(CC(=O)N/N=C\c2sccc2C)c2cccc(C(F)(F)F)c2)cc1. The Balaban J connectivity index is 1.93. The summed E-state index contributed by atoms with van der Waals surface area (Å²) in [5.74, 6) is -0.812. The molecule has 0 radical (unpaired) electrons. The first-order valence-electron chi connectivity index (χ1n) is 9.61. The van der Waals surface area contributed by atoms with Crippen molar-refractivity contribution >= 4 is 39.2 Å². The van der Waals surface area contributed by atoms with Crippen LogP contribution >= 0.6 is 11.3 Å². The van der Waals surface area contributed by atoms with E-state index in [2.05, 4.69) is 10.5 Å². The van der Waals surface area contributed by atoms with E-state index in [0.717, 1.165) is 28.1 Å². The van der Waals surface area contributed by atoms with Gasteiger partial charge in [-0.2, -0.15) is 18.3 Å². The molecule has 0 spiro atoms. The topological polar surface area (TPSA) is 78.8 Å². The van der Waals surface area contributed by atoms with E-state index < -0.39 is 34.2 Å². The van der Waals surface area contributed by atoms with E-state index in [-0.39, 0.29) is 10.6 Å². The number of hydrogen-bond donors (Lipinski definition) is 1. The summed E-state index contributed by atoms with van der Waals surface area (Å²) < 4.78 is 66.9. The first-order chi connectivity index (χ1) is 15.5. The van der Waals surface area contributed by atoms with E-state index >= 15 is 0 Å². The highest BCUT2D eigenvalue weighted by molar-refractivity contribution is 7.92. The third-order valence-electron chi connectivity index (χ3n) is 4.63. The Labute approximate surface area is 193 Å². The minimum atomic E-state index is -4.68. The van der Waals surface area contributed by atoms with E-state index in [1.165, 1.54) is 35.8 Å². The Morgan fingerprint density at radius 2 is 1.82 bits per heavy atom. The first kappa shape index (κ1) is 24.5. The number of nitrogens with one attached hydrogen (secondary N) is 1. The van der Waals surface area contributed by atoms with Crippen LogP contribution in [0.4, 0.5) is 18.9 Å². The van der Waals surface area contributed by atoms with E-state index in [0.29, 0.717) is 10.4 Å². The highest BCUT2D eigenvalue weighted by Crippen LogP contribution is 2.33. The minimum absolute atomic E-state index is 0.156. The number of carbonyl (C=O) groups excluding carboxylic acids is 1. The molecule has 1 heterocycles. The van der Waals surface area contributed by atoms with Crippen LogP contribution in [-0.2, 0) is 21.0 Å². The number of anilines is 1. The minimum Gasteiger partial charge on any atom is -0.271 e. The molecule has 1 aromatic heterocycles. The fourth-order valence-electron chi connectivity index (χ4n) is 2.84. The van der Waals surface area contributed by atoms with Crippen molar-refractivity contribution in [2.24, 2.45) is 5.10 Å². The van der Waals surface area contributed by atoms with E-state index in [4.69, 9.17) is 0 Å². The second-order valence-corrected chi connectivity index (χ2v) is 9.94. The van der Waals surface area contributed by atoms with Crippen LogP contribution in [0.15, 0.2) is 70.0 Å². The third-order valence-corrected chi connectivity index (χ3v) is 7.37. The van der Waals surface area contributed by atoms with E-state index in [9.17, 15) is 26.4 Å². The van der Waals surface area contributed by atoms with Crippen molar-refractivity contribution in [3.8, 4) is 0 Å². The lowest BCUT2D eigenvalue weighted by molar-refractivity contribution is -0.137. The van der Waals surface area contributed by atoms with E-state index in [1.54, 1.807) is 19.1 Å². The predicted molar refractivity (Wildman–Crippen MR) is 122 cm³/mol. The molecule has 0 saturated carbocycles. The molecule has 0 aliphatic heterocycles. The highest BCUT2D eigenvalue weighted by atomic mass is 32.2. The van der Waals surface area contributed by atoms with Gasteiger partial charge in [-0.1, -0.05) is 23.8 Å². The molecule has 0 aliphatic carbocycles. The number of hydrogen-bond acceptors (Lipinski definition) is 5. The van der Waals surface area contributed by atoms with Gasteiger partial charge in [0.1, 0.15) is 6.54 Å². The van der Waals surface area contributed by atoms with Gasteiger partial charge in [0.05, 0.1) is 22.4 Å². The number of amides is 1. The summed E-state index contributed by atoms with van der Waals surface area (Å²) >= 11 is 1.41. The molecule has 33 heavy (non-hydrogen) atoms. The number of halogens is 3. The van der Waals surface area contributed by atoms with Crippen molar-refractivity contribution < 1.29 is 26.4 Å². The van der Waals surface area contributed by atoms with Crippen LogP contribution in [-0.4, -0.2) is 27.1 Å². The number of carbonyl (C=O) groups is 1. The zero-order chi connectivity index (χ0) is 24.2. The second-order valence-electron chi connectivity index (χ2n) is 7.13. The van der Waals surface area contributed by atoms with Crippen molar-refractivity contribution in [1.82, 2.24) is 5.43 Å². The molecule has 6 nitrogen and oxygen atoms in total. The number of rotatable bonds is 7. The maximum absolute atomic E-state index is 13.3. The predicted octanol–water partition coefficient (Wildman–Crippen LogP) is 4.73. The Hall–Kier alpha value is -3.18. The molecule has 0 aliphatic rings. The van der Waals surface area contributed by atoms with Gasteiger partial charge in [0.15, 0.2) is 0 Å². The molecular weight excluding hydrogens is 475 g/mol. The lowest BCUT2D eigenvalue weighted by Crippen LogP contribution is -2.39. The zero-order valence-corrected chi connectivity index (χ0v) is 19.3. The maximum atomic E-state index is 13.3. The molecule has 0 fully saturated rings. The van der Waals surface area contributed by atoms with Gasteiger partial charge < -0.3 is 0 Å². The van der Waals surface area contributed by atoms with Crippen LogP contribution in [0.2, 0.25) is 0 Å². The molecule has 1 N–H and O–H groups in total. The quantitative estimate of drug-likeness (QED) is 0.380. The summed E-state index contributed by atoms with van der Waals surface area (Å²) in [6.45, 7) is 2.86. The van der Waals surface area contributed by atoms with Crippen molar-refractivity contribution in [3.05, 3.63) is 81.5 Å². The van der Waals surface area contributed by atoms with Gasteiger partial charge in [0.2, 0.25) is 0 Å². The monoisotopic (exact) mass is 495 g/mol. The standard InChI is InChI=1S/C22H20F3N3O3S2/c1-15-6-8-19(9-7-15)33(30,31)28(18-5-3-4-17(12-18)22(23,24)25)14-21(29)27-26-13-20-16(2)10-11-32-20/h3-13H,14H2,1-2H3,(H,27,29)/b26-13-.